The second kappa shape index (κ2) is 4.62. The van der Waals surface area contributed by atoms with E-state index in [1.165, 1.54) is 20.5 Å². The average Bonchev–Trinajstić information content (AvgIpc) is 3.03. The number of rotatable bonds is 1. The molecule has 0 N–H and O–H groups in total. The summed E-state index contributed by atoms with van der Waals surface area (Å²) in [7, 11) is 0. The fourth-order valence-corrected chi connectivity index (χ4v) is 4.15. The van der Waals surface area contributed by atoms with E-state index in [1.807, 2.05) is 19.1 Å². The first-order valence-electron chi connectivity index (χ1n) is 6.73. The number of furan rings is 1. The van der Waals surface area contributed by atoms with Gasteiger partial charge in [-0.25, -0.2) is 0 Å². The lowest BCUT2D eigenvalue weighted by Gasteiger charge is -2.03. The van der Waals surface area contributed by atoms with E-state index in [1.54, 1.807) is 11.3 Å². The third-order valence-electron chi connectivity index (χ3n) is 3.72. The van der Waals surface area contributed by atoms with E-state index in [4.69, 9.17) is 16.0 Å². The van der Waals surface area contributed by atoms with Gasteiger partial charge in [0.05, 0.1) is 5.02 Å². The van der Waals surface area contributed by atoms with Crippen molar-refractivity contribution < 1.29 is 4.42 Å². The van der Waals surface area contributed by atoms with Gasteiger partial charge in [0.15, 0.2) is 6.26 Å². The summed E-state index contributed by atoms with van der Waals surface area (Å²) in [5.74, 6) is 0. The van der Waals surface area contributed by atoms with Crippen molar-refractivity contribution in [3.05, 3.63) is 58.8 Å². The molecule has 21 heavy (non-hydrogen) atoms. The molecule has 4 aromatic rings. The predicted octanol–water partition coefficient (Wildman–Crippen LogP) is 6.38. The Balaban J connectivity index is 2.07. The molecule has 0 fully saturated rings. The largest absolute Gasteiger partial charge is 0.452 e. The Bertz CT molecular complexity index is 978. The molecule has 0 saturated heterocycles. The van der Waals surface area contributed by atoms with E-state index in [-0.39, 0.29) is 0 Å². The Labute approximate surface area is 131 Å². The minimum absolute atomic E-state index is 0.753. The van der Waals surface area contributed by atoms with Crippen LogP contribution < -0.4 is 0 Å². The molecule has 3 heteroatoms. The zero-order valence-electron chi connectivity index (χ0n) is 11.7. The van der Waals surface area contributed by atoms with E-state index in [0.717, 1.165) is 27.1 Å². The molecule has 2 aromatic heterocycles. The molecule has 103 valence electrons. The van der Waals surface area contributed by atoms with E-state index in [9.17, 15) is 0 Å². The Kier molecular flexibility index (Phi) is 2.84. The third kappa shape index (κ3) is 1.98. The molecule has 2 heterocycles. The highest BCUT2D eigenvalue weighted by Gasteiger charge is 2.16. The van der Waals surface area contributed by atoms with Crippen molar-refractivity contribution in [3.8, 4) is 10.4 Å². The number of hydrogen-bond acceptors (Lipinski definition) is 2. The number of halogens is 1. The van der Waals surface area contributed by atoms with Gasteiger partial charge in [0.25, 0.3) is 0 Å². The van der Waals surface area contributed by atoms with E-state index >= 15 is 0 Å². The number of benzene rings is 2. The molecule has 0 aliphatic heterocycles. The Morgan fingerprint density at radius 2 is 1.95 bits per heavy atom. The first-order chi connectivity index (χ1) is 10.1. The molecule has 0 saturated carbocycles. The second-order valence-electron chi connectivity index (χ2n) is 5.28. The molecule has 0 unspecified atom stereocenters. The van der Waals surface area contributed by atoms with Crippen LogP contribution in [-0.4, -0.2) is 0 Å². The molecule has 0 spiro atoms. The van der Waals surface area contributed by atoms with Gasteiger partial charge < -0.3 is 4.42 Å². The monoisotopic (exact) mass is 311 g/mol. The Morgan fingerprint density at radius 1 is 1.10 bits per heavy atom. The van der Waals surface area contributed by atoms with Gasteiger partial charge in [-0.05, 0) is 43.5 Å². The molecule has 0 aliphatic carbocycles. The fraction of sp³-hybridized carbons (Fsp3) is 0.111. The average molecular weight is 312 g/mol. The summed E-state index contributed by atoms with van der Waals surface area (Å²) < 4.78 is 6.75. The molecule has 1 nitrogen and oxygen atoms in total. The van der Waals surface area contributed by atoms with Crippen molar-refractivity contribution >= 4 is 44.0 Å². The first kappa shape index (κ1) is 12.9. The van der Waals surface area contributed by atoms with Crippen LogP contribution in [0.25, 0.3) is 31.5 Å². The van der Waals surface area contributed by atoms with Crippen LogP contribution in [-0.2, 0) is 0 Å². The van der Waals surface area contributed by atoms with Crippen LogP contribution in [0.4, 0.5) is 0 Å². The molecular weight excluding hydrogens is 300 g/mol. The van der Waals surface area contributed by atoms with Crippen molar-refractivity contribution in [1.29, 1.82) is 0 Å². The topological polar surface area (TPSA) is 13.1 Å². The van der Waals surface area contributed by atoms with Crippen LogP contribution in [0, 0.1) is 20.1 Å². The lowest BCUT2D eigenvalue weighted by atomic mass is 10.0. The normalized spacial score (nSPS) is 11.6. The highest BCUT2D eigenvalue weighted by Crippen LogP contribution is 2.42. The summed E-state index contributed by atoms with van der Waals surface area (Å²) in [5, 5.41) is 3.07. The predicted molar refractivity (Wildman–Crippen MR) is 90.4 cm³/mol. The Hall–Kier alpha value is -1.77. The van der Waals surface area contributed by atoms with Gasteiger partial charge in [-0.3, -0.25) is 0 Å². The van der Waals surface area contributed by atoms with Crippen molar-refractivity contribution in [1.82, 2.24) is 0 Å². The highest BCUT2D eigenvalue weighted by molar-refractivity contribution is 7.22. The van der Waals surface area contributed by atoms with E-state index < -0.39 is 0 Å². The van der Waals surface area contributed by atoms with Gasteiger partial charge in [-0.2, -0.15) is 0 Å². The van der Waals surface area contributed by atoms with Crippen molar-refractivity contribution in [2.75, 3.05) is 0 Å². The van der Waals surface area contributed by atoms with Crippen LogP contribution in [0.1, 0.15) is 11.1 Å². The SMILES string of the molecule is Cc1ccc2sc(-c3c(Cl)ccc4o[c]c(C)c34)cc2c1. The maximum atomic E-state index is 6.48. The summed E-state index contributed by atoms with van der Waals surface area (Å²) in [4.78, 5) is 1.17. The van der Waals surface area contributed by atoms with E-state index in [2.05, 4.69) is 37.5 Å². The molecule has 0 amide bonds. The van der Waals surface area contributed by atoms with Crippen molar-refractivity contribution in [3.63, 3.8) is 0 Å². The summed E-state index contributed by atoms with van der Waals surface area (Å²) >= 11 is 8.24. The van der Waals surface area contributed by atoms with Crippen LogP contribution >= 0.6 is 22.9 Å². The minimum atomic E-state index is 0.753. The summed E-state index contributed by atoms with van der Waals surface area (Å²) in [6, 6.07) is 12.5. The van der Waals surface area contributed by atoms with Crippen LogP contribution in [0.3, 0.4) is 0 Å². The van der Waals surface area contributed by atoms with E-state index in [0.29, 0.717) is 0 Å². The zero-order chi connectivity index (χ0) is 14.6. The minimum Gasteiger partial charge on any atom is -0.452 e. The van der Waals surface area contributed by atoms with Crippen LogP contribution in [0.2, 0.25) is 5.02 Å². The molecule has 0 bridgehead atoms. The second-order valence-corrected chi connectivity index (χ2v) is 6.77. The van der Waals surface area contributed by atoms with Crippen LogP contribution in [0.15, 0.2) is 40.8 Å². The van der Waals surface area contributed by atoms with Crippen molar-refractivity contribution in [2.24, 2.45) is 0 Å². The van der Waals surface area contributed by atoms with Crippen molar-refractivity contribution in [2.45, 2.75) is 13.8 Å². The van der Waals surface area contributed by atoms with Gasteiger partial charge in [0, 0.05) is 26.1 Å². The molecular formula is C18H12ClOS. The molecule has 2 aromatic carbocycles. The quantitative estimate of drug-likeness (QED) is 0.397. The number of aryl methyl sites for hydroxylation is 2. The number of fused-ring (bicyclic) bond motifs is 2. The maximum absolute atomic E-state index is 6.48. The summed E-state index contributed by atoms with van der Waals surface area (Å²) in [5.41, 5.74) is 4.15. The van der Waals surface area contributed by atoms with Gasteiger partial charge in [-0.1, -0.05) is 29.3 Å². The number of thiophene rings is 1. The molecule has 0 aliphatic rings. The van der Waals surface area contributed by atoms with Gasteiger partial charge in [0.2, 0.25) is 0 Å². The fourth-order valence-electron chi connectivity index (χ4n) is 2.72. The van der Waals surface area contributed by atoms with Gasteiger partial charge in [-0.15, -0.1) is 11.3 Å². The van der Waals surface area contributed by atoms with Crippen LogP contribution in [0.5, 0.6) is 0 Å². The molecule has 4 rings (SSSR count). The maximum Gasteiger partial charge on any atom is 0.173 e. The highest BCUT2D eigenvalue weighted by atomic mass is 35.5. The standard InChI is InChI=1S/C18H12ClOS/c1-10-3-6-15-12(7-10)8-16(21-15)18-13(19)4-5-14-17(18)11(2)9-20-14/h3-8H,1-2H3. The lowest BCUT2D eigenvalue weighted by molar-refractivity contribution is 0.603. The smallest absolute Gasteiger partial charge is 0.173 e. The summed E-state index contributed by atoms with van der Waals surface area (Å²) in [6.45, 7) is 4.11. The third-order valence-corrected chi connectivity index (χ3v) is 5.17. The molecule has 1 radical (unpaired) electrons. The zero-order valence-corrected chi connectivity index (χ0v) is 13.2. The molecule has 0 atom stereocenters. The lowest BCUT2D eigenvalue weighted by Crippen LogP contribution is -1.79. The Morgan fingerprint density at radius 3 is 2.81 bits per heavy atom. The summed E-state index contributed by atoms with van der Waals surface area (Å²) in [6.07, 6.45) is 2.93. The van der Waals surface area contributed by atoms with Gasteiger partial charge >= 0.3 is 0 Å². The first-order valence-corrected chi connectivity index (χ1v) is 7.93. The van der Waals surface area contributed by atoms with Gasteiger partial charge in [0.1, 0.15) is 5.58 Å². The number of hydrogen-bond donors (Lipinski definition) is 0.